The van der Waals surface area contributed by atoms with E-state index in [4.69, 9.17) is 0 Å². The fourth-order valence-electron chi connectivity index (χ4n) is 3.22. The molecule has 0 radical (unpaired) electrons. The van der Waals surface area contributed by atoms with Gasteiger partial charge in [0.25, 0.3) is 5.91 Å². The van der Waals surface area contributed by atoms with E-state index in [1.165, 1.54) is 23.5 Å². The van der Waals surface area contributed by atoms with Crippen LogP contribution in [-0.2, 0) is 9.84 Å². The van der Waals surface area contributed by atoms with Crippen LogP contribution in [0.1, 0.15) is 40.3 Å². The number of amides is 1. The van der Waals surface area contributed by atoms with Crippen LogP contribution >= 0.6 is 23.5 Å². The molecule has 3 rings (SSSR count). The maximum atomic E-state index is 12.8. The molecule has 2 saturated heterocycles. The normalized spacial score (nSPS) is 24.0. The molecule has 0 N–H and O–H groups in total. The first-order chi connectivity index (χ1) is 11.5. The Hall–Kier alpha value is -0.660. The van der Waals surface area contributed by atoms with E-state index >= 15 is 0 Å². The first-order valence-electron chi connectivity index (χ1n) is 8.35. The van der Waals surface area contributed by atoms with Gasteiger partial charge < -0.3 is 4.90 Å². The van der Waals surface area contributed by atoms with Crippen molar-refractivity contribution in [3.05, 3.63) is 35.4 Å². The van der Waals surface area contributed by atoms with Crippen LogP contribution in [0, 0.1) is 0 Å². The molecule has 1 amide bonds. The first-order valence-corrected chi connectivity index (χ1v) is 12.3. The van der Waals surface area contributed by atoms with Crippen molar-refractivity contribution in [2.75, 3.05) is 29.6 Å². The molecule has 0 unspecified atom stereocenters. The highest BCUT2D eigenvalue weighted by molar-refractivity contribution is 8.16. The predicted molar refractivity (Wildman–Crippen MR) is 102 cm³/mol. The fourth-order valence-corrected chi connectivity index (χ4v) is 7.84. The third kappa shape index (κ3) is 4.11. The molecule has 1 aromatic rings. The largest absolute Gasteiger partial charge is 0.335 e. The van der Waals surface area contributed by atoms with Crippen molar-refractivity contribution in [3.63, 3.8) is 0 Å². The first kappa shape index (κ1) is 18.1. The molecule has 2 aliphatic heterocycles. The molecule has 0 bridgehead atoms. The average Bonchev–Trinajstić information content (AvgIpc) is 2.96. The Balaban J connectivity index is 1.71. The number of rotatable bonds is 4. The van der Waals surface area contributed by atoms with Gasteiger partial charge >= 0.3 is 0 Å². The minimum absolute atomic E-state index is 0.0601. The quantitative estimate of drug-likeness (QED) is 0.797. The summed E-state index contributed by atoms with van der Waals surface area (Å²) in [6.45, 7) is 2.45. The van der Waals surface area contributed by atoms with Crippen molar-refractivity contribution in [3.8, 4) is 0 Å². The van der Waals surface area contributed by atoms with E-state index in [0.717, 1.165) is 0 Å². The van der Waals surface area contributed by atoms with Crippen molar-refractivity contribution >= 4 is 39.3 Å². The van der Waals surface area contributed by atoms with Crippen LogP contribution in [0.4, 0.5) is 0 Å². The zero-order valence-corrected chi connectivity index (χ0v) is 16.3. The number of benzene rings is 1. The summed E-state index contributed by atoms with van der Waals surface area (Å²) < 4.78 is 23.9. The van der Waals surface area contributed by atoms with E-state index in [-0.39, 0.29) is 23.5 Å². The summed E-state index contributed by atoms with van der Waals surface area (Å²) in [5.74, 6) is 2.61. The van der Waals surface area contributed by atoms with Gasteiger partial charge in [0.05, 0.1) is 16.1 Å². The van der Waals surface area contributed by atoms with Crippen LogP contribution in [0.15, 0.2) is 24.3 Å². The van der Waals surface area contributed by atoms with E-state index in [0.29, 0.717) is 23.1 Å². The summed E-state index contributed by atoms with van der Waals surface area (Å²) >= 11 is 3.92. The molecule has 1 aromatic carbocycles. The maximum Gasteiger partial charge on any atom is 0.254 e. The molecule has 2 fully saturated rings. The lowest BCUT2D eigenvalue weighted by Gasteiger charge is -2.27. The molecule has 0 spiro atoms. The highest BCUT2D eigenvalue weighted by atomic mass is 32.2. The second-order valence-corrected chi connectivity index (χ2v) is 11.2. The number of thioether (sulfide) groups is 2. The summed E-state index contributed by atoms with van der Waals surface area (Å²) in [5.41, 5.74) is 1.91. The Labute approximate surface area is 152 Å². The number of hydrogen-bond acceptors (Lipinski definition) is 5. The number of sulfone groups is 1. The van der Waals surface area contributed by atoms with Crippen molar-refractivity contribution in [2.24, 2.45) is 0 Å². The number of nitrogens with zero attached hydrogens (tertiary/aromatic N) is 1. The Morgan fingerprint density at radius 1 is 1.21 bits per heavy atom. The lowest BCUT2D eigenvalue weighted by molar-refractivity contribution is 0.0708. The summed E-state index contributed by atoms with van der Waals surface area (Å²) in [6.07, 6.45) is 1.81. The van der Waals surface area contributed by atoms with E-state index in [1.807, 2.05) is 54.7 Å². The zero-order valence-electron chi connectivity index (χ0n) is 13.8. The van der Waals surface area contributed by atoms with Gasteiger partial charge in [-0.1, -0.05) is 12.1 Å². The van der Waals surface area contributed by atoms with Crippen LogP contribution in [0.25, 0.3) is 0 Å². The van der Waals surface area contributed by atoms with Gasteiger partial charge in [-0.3, -0.25) is 4.79 Å². The predicted octanol–water partition coefficient (Wildman–Crippen LogP) is 3.20. The van der Waals surface area contributed by atoms with Crippen LogP contribution in [-0.4, -0.2) is 54.8 Å². The van der Waals surface area contributed by atoms with Gasteiger partial charge in [-0.2, -0.15) is 0 Å². The highest BCUT2D eigenvalue weighted by Crippen LogP contribution is 2.43. The van der Waals surface area contributed by atoms with Gasteiger partial charge in [-0.05, 0) is 49.0 Å². The molecule has 24 heavy (non-hydrogen) atoms. The van der Waals surface area contributed by atoms with E-state index in [1.54, 1.807) is 4.90 Å². The molecular formula is C17H23NO3S3. The molecule has 7 heteroatoms. The molecule has 0 aromatic heterocycles. The lowest BCUT2D eigenvalue weighted by atomic mass is 10.1. The lowest BCUT2D eigenvalue weighted by Crippen LogP contribution is -2.40. The Morgan fingerprint density at radius 2 is 1.88 bits per heavy atom. The maximum absolute atomic E-state index is 12.8. The smallest absolute Gasteiger partial charge is 0.254 e. The van der Waals surface area contributed by atoms with Crippen molar-refractivity contribution in [2.45, 2.75) is 30.4 Å². The van der Waals surface area contributed by atoms with Crippen molar-refractivity contribution < 1.29 is 13.2 Å². The fraction of sp³-hybridized carbons (Fsp3) is 0.588. The minimum atomic E-state index is -2.99. The minimum Gasteiger partial charge on any atom is -0.335 e. The van der Waals surface area contributed by atoms with Crippen LogP contribution in [0.3, 0.4) is 0 Å². The Kier molecular flexibility index (Phi) is 5.82. The Bertz CT molecular complexity index is 682. The highest BCUT2D eigenvalue weighted by Gasteiger charge is 2.34. The van der Waals surface area contributed by atoms with E-state index in [9.17, 15) is 13.2 Å². The third-order valence-corrected chi connectivity index (χ3v) is 9.27. The third-order valence-electron chi connectivity index (χ3n) is 4.51. The second kappa shape index (κ2) is 7.70. The molecule has 4 nitrogen and oxygen atoms in total. The zero-order chi connectivity index (χ0) is 17.2. The monoisotopic (exact) mass is 385 g/mol. The molecule has 0 aliphatic carbocycles. The number of carbonyl (C=O) groups excluding carboxylic acids is 1. The van der Waals surface area contributed by atoms with Gasteiger partial charge in [0.2, 0.25) is 0 Å². The summed E-state index contributed by atoms with van der Waals surface area (Å²) in [5, 5.41) is 0. The van der Waals surface area contributed by atoms with Crippen LogP contribution < -0.4 is 0 Å². The summed E-state index contributed by atoms with van der Waals surface area (Å²) in [7, 11) is -2.99. The topological polar surface area (TPSA) is 54.5 Å². The van der Waals surface area contributed by atoms with Gasteiger partial charge in [-0.15, -0.1) is 23.5 Å². The van der Waals surface area contributed by atoms with Gasteiger partial charge in [0.1, 0.15) is 0 Å². The van der Waals surface area contributed by atoms with Crippen molar-refractivity contribution in [1.29, 1.82) is 0 Å². The Morgan fingerprint density at radius 3 is 2.42 bits per heavy atom. The molecule has 2 aliphatic rings. The number of hydrogen-bond donors (Lipinski definition) is 0. The van der Waals surface area contributed by atoms with Crippen molar-refractivity contribution in [1.82, 2.24) is 4.90 Å². The number of carbonyl (C=O) groups is 1. The standard InChI is InChI=1S/C17H23NO3S3/c1-2-18(15-8-11-24(20,21)12-15)16(19)13-4-6-14(7-5-13)17-22-9-3-10-23-17/h4-7,15,17H,2-3,8-12H2,1H3/t15-/m0/s1. The summed E-state index contributed by atoms with van der Waals surface area (Å²) in [4.78, 5) is 14.5. The SMILES string of the molecule is CCN(C(=O)c1ccc(C2SCCCS2)cc1)[C@H]1CCS(=O)(=O)C1. The molecule has 1 atom stereocenters. The van der Waals surface area contributed by atoms with Gasteiger partial charge in [-0.25, -0.2) is 8.42 Å². The van der Waals surface area contributed by atoms with Crippen LogP contribution in [0.2, 0.25) is 0 Å². The molecule has 132 valence electrons. The molecule has 0 saturated carbocycles. The van der Waals surface area contributed by atoms with Gasteiger partial charge in [0.15, 0.2) is 9.84 Å². The van der Waals surface area contributed by atoms with E-state index < -0.39 is 9.84 Å². The molecule has 2 heterocycles. The average molecular weight is 386 g/mol. The molecular weight excluding hydrogens is 362 g/mol. The second-order valence-electron chi connectivity index (χ2n) is 6.20. The van der Waals surface area contributed by atoms with E-state index in [2.05, 4.69) is 0 Å². The van der Waals surface area contributed by atoms with Gasteiger partial charge in [0, 0.05) is 18.2 Å². The van der Waals surface area contributed by atoms with Crippen LogP contribution in [0.5, 0.6) is 0 Å². The summed E-state index contributed by atoms with van der Waals surface area (Å²) in [6, 6.07) is 7.68.